The lowest BCUT2D eigenvalue weighted by atomic mass is 10.1. The van der Waals surface area contributed by atoms with Crippen molar-refractivity contribution in [1.82, 2.24) is 9.21 Å². The molecule has 1 heterocycles. The molecule has 30 heavy (non-hydrogen) atoms. The Hall–Kier alpha value is -2.50. The van der Waals surface area contributed by atoms with Crippen molar-refractivity contribution in [1.29, 1.82) is 0 Å². The number of anilines is 1. The lowest BCUT2D eigenvalue weighted by Crippen LogP contribution is -2.50. The summed E-state index contributed by atoms with van der Waals surface area (Å²) in [4.78, 5) is 13.7. The van der Waals surface area contributed by atoms with Gasteiger partial charge in [0.2, 0.25) is 15.9 Å². The van der Waals surface area contributed by atoms with Gasteiger partial charge in [-0.05, 0) is 30.3 Å². The van der Waals surface area contributed by atoms with Crippen molar-refractivity contribution in [3.05, 3.63) is 59.9 Å². The van der Waals surface area contributed by atoms with Gasteiger partial charge in [0.25, 0.3) is 0 Å². The summed E-state index contributed by atoms with van der Waals surface area (Å²) in [5.74, 6) is -1.29. The van der Waals surface area contributed by atoms with E-state index in [1.165, 1.54) is 34.6 Å². The summed E-state index contributed by atoms with van der Waals surface area (Å²) in [5, 5.41) is 2.26. The molecule has 3 rings (SSSR count). The van der Waals surface area contributed by atoms with Gasteiger partial charge < -0.3 is 5.32 Å². The normalized spacial score (nSPS) is 16.4. The second-order valence-electron chi connectivity index (χ2n) is 6.73. The van der Waals surface area contributed by atoms with Crippen molar-refractivity contribution in [2.45, 2.75) is 11.1 Å². The molecule has 0 spiro atoms. The largest absolute Gasteiger partial charge is 0.418 e. The van der Waals surface area contributed by atoms with Gasteiger partial charge in [0.15, 0.2) is 0 Å². The average molecular weight is 445 g/mol. The summed E-state index contributed by atoms with van der Waals surface area (Å²) in [6.45, 7) is 0.391. The minimum atomic E-state index is -4.60. The van der Waals surface area contributed by atoms with Gasteiger partial charge in [0, 0.05) is 26.2 Å². The van der Waals surface area contributed by atoms with Crippen molar-refractivity contribution < 1.29 is 30.8 Å². The highest BCUT2D eigenvalue weighted by Crippen LogP contribution is 2.34. The van der Waals surface area contributed by atoms with E-state index in [2.05, 4.69) is 5.32 Å². The van der Waals surface area contributed by atoms with Crippen molar-refractivity contribution >= 4 is 21.6 Å². The minimum Gasteiger partial charge on any atom is -0.324 e. The maximum Gasteiger partial charge on any atom is 0.418 e. The highest BCUT2D eigenvalue weighted by molar-refractivity contribution is 7.89. The number of piperazine rings is 1. The Morgan fingerprint density at radius 2 is 1.67 bits per heavy atom. The Bertz CT molecular complexity index is 1020. The van der Waals surface area contributed by atoms with Crippen molar-refractivity contribution in [3.8, 4) is 0 Å². The molecule has 0 bridgehead atoms. The third kappa shape index (κ3) is 5.15. The van der Waals surface area contributed by atoms with Gasteiger partial charge in [-0.15, -0.1) is 0 Å². The molecule has 0 atom stereocenters. The Labute approximate surface area is 171 Å². The zero-order chi connectivity index (χ0) is 21.9. The Balaban J connectivity index is 1.58. The molecule has 1 aliphatic heterocycles. The van der Waals surface area contributed by atoms with Gasteiger partial charge in [-0.25, -0.2) is 12.8 Å². The number of alkyl halides is 3. The molecule has 1 aliphatic rings. The van der Waals surface area contributed by atoms with Crippen LogP contribution >= 0.6 is 0 Å². The third-order valence-corrected chi connectivity index (χ3v) is 6.53. The number of sulfonamides is 1. The van der Waals surface area contributed by atoms with Gasteiger partial charge in [-0.2, -0.15) is 17.5 Å². The maximum atomic E-state index is 13.3. The van der Waals surface area contributed by atoms with E-state index in [0.29, 0.717) is 0 Å². The van der Waals surface area contributed by atoms with Crippen LogP contribution in [0.15, 0.2) is 53.4 Å². The standard InChI is InChI=1S/C19H19F4N3O3S/c20-14-4-3-5-15(12-14)30(28,29)26-10-8-25(9-11-26)13-18(27)24-17-7-2-1-6-16(17)19(21,22)23/h1-7,12H,8-11,13H2,(H,24,27). The topological polar surface area (TPSA) is 69.7 Å². The van der Waals surface area contributed by atoms with Crippen LogP contribution in [0, 0.1) is 5.82 Å². The summed E-state index contributed by atoms with van der Waals surface area (Å²) in [7, 11) is -3.87. The molecule has 0 aromatic heterocycles. The number of hydrogen-bond donors (Lipinski definition) is 1. The van der Waals surface area contributed by atoms with E-state index in [0.717, 1.165) is 18.2 Å². The predicted molar refractivity (Wildman–Crippen MR) is 102 cm³/mol. The molecule has 1 saturated heterocycles. The van der Waals surface area contributed by atoms with Crippen molar-refractivity contribution in [2.24, 2.45) is 0 Å². The third-order valence-electron chi connectivity index (χ3n) is 4.64. The summed E-state index contributed by atoms with van der Waals surface area (Å²) in [6.07, 6.45) is -4.60. The fraction of sp³-hybridized carbons (Fsp3) is 0.316. The molecule has 1 fully saturated rings. The van der Waals surface area contributed by atoms with Gasteiger partial charge in [-0.1, -0.05) is 18.2 Å². The maximum absolute atomic E-state index is 13.3. The molecule has 1 amide bonds. The first-order valence-corrected chi connectivity index (χ1v) is 10.5. The second-order valence-corrected chi connectivity index (χ2v) is 8.67. The number of amides is 1. The summed E-state index contributed by atoms with van der Waals surface area (Å²) >= 11 is 0. The van der Waals surface area contributed by atoms with Crippen LogP contribution in [0.25, 0.3) is 0 Å². The Morgan fingerprint density at radius 1 is 1.00 bits per heavy atom. The molecule has 0 saturated carbocycles. The molecule has 0 radical (unpaired) electrons. The molecule has 1 N–H and O–H groups in total. The monoisotopic (exact) mass is 445 g/mol. The second kappa shape index (κ2) is 8.70. The first-order chi connectivity index (χ1) is 14.1. The SMILES string of the molecule is O=C(CN1CCN(S(=O)(=O)c2cccc(F)c2)CC1)Nc1ccccc1C(F)(F)F. The van der Waals surface area contributed by atoms with Crippen LogP contribution in [-0.2, 0) is 21.0 Å². The highest BCUT2D eigenvalue weighted by Gasteiger charge is 2.34. The molecule has 0 unspecified atom stereocenters. The average Bonchev–Trinajstić information content (AvgIpc) is 2.68. The number of carbonyl (C=O) groups is 1. The molecular weight excluding hydrogens is 426 g/mol. The smallest absolute Gasteiger partial charge is 0.324 e. The Kier molecular flexibility index (Phi) is 6.44. The van der Waals surface area contributed by atoms with E-state index in [1.807, 2.05) is 0 Å². The number of para-hydroxylation sites is 1. The fourth-order valence-corrected chi connectivity index (χ4v) is 4.59. The molecular formula is C19H19F4N3O3S. The summed E-state index contributed by atoms with van der Waals surface area (Å²) < 4.78 is 78.8. The van der Waals surface area contributed by atoms with Crippen LogP contribution in [0.5, 0.6) is 0 Å². The number of nitrogens with zero attached hydrogens (tertiary/aromatic N) is 2. The van der Waals surface area contributed by atoms with Gasteiger partial charge in [0.05, 0.1) is 22.7 Å². The van der Waals surface area contributed by atoms with E-state index in [9.17, 15) is 30.8 Å². The van der Waals surface area contributed by atoms with Crippen molar-refractivity contribution in [3.63, 3.8) is 0 Å². The van der Waals surface area contributed by atoms with Gasteiger partial charge in [-0.3, -0.25) is 9.69 Å². The first-order valence-electron chi connectivity index (χ1n) is 9.01. The first kappa shape index (κ1) is 22.2. The molecule has 0 aliphatic carbocycles. The number of benzene rings is 2. The molecule has 2 aromatic carbocycles. The molecule has 11 heteroatoms. The molecule has 162 valence electrons. The highest BCUT2D eigenvalue weighted by atomic mass is 32.2. The van der Waals surface area contributed by atoms with Gasteiger partial charge >= 0.3 is 6.18 Å². The summed E-state index contributed by atoms with van der Waals surface area (Å²) in [6, 6.07) is 9.37. The van der Waals surface area contributed by atoms with E-state index >= 15 is 0 Å². The zero-order valence-electron chi connectivity index (χ0n) is 15.7. The van der Waals surface area contributed by atoms with E-state index < -0.39 is 33.5 Å². The lowest BCUT2D eigenvalue weighted by molar-refractivity contribution is -0.137. The molecule has 2 aromatic rings. The van der Waals surface area contributed by atoms with E-state index in [1.54, 1.807) is 4.90 Å². The number of carbonyl (C=O) groups excluding carboxylic acids is 1. The van der Waals surface area contributed by atoms with Crippen molar-refractivity contribution in [2.75, 3.05) is 38.0 Å². The Morgan fingerprint density at radius 3 is 2.30 bits per heavy atom. The van der Waals surface area contributed by atoms with Crippen LogP contribution in [0.3, 0.4) is 0 Å². The summed E-state index contributed by atoms with van der Waals surface area (Å²) in [5.41, 5.74) is -1.27. The lowest BCUT2D eigenvalue weighted by Gasteiger charge is -2.33. The van der Waals surface area contributed by atoms with Crippen LogP contribution in [0.1, 0.15) is 5.56 Å². The number of halogens is 4. The zero-order valence-corrected chi connectivity index (χ0v) is 16.5. The fourth-order valence-electron chi connectivity index (χ4n) is 3.14. The quantitative estimate of drug-likeness (QED) is 0.719. The van der Waals surface area contributed by atoms with Crippen LogP contribution < -0.4 is 5.32 Å². The number of rotatable bonds is 5. The van der Waals surface area contributed by atoms with E-state index in [4.69, 9.17) is 0 Å². The van der Waals surface area contributed by atoms with Crippen LogP contribution in [0.2, 0.25) is 0 Å². The predicted octanol–water partition coefficient (Wildman–Crippen LogP) is 2.79. The molecule has 6 nitrogen and oxygen atoms in total. The van der Waals surface area contributed by atoms with Crippen LogP contribution in [0.4, 0.5) is 23.2 Å². The number of hydrogen-bond acceptors (Lipinski definition) is 4. The van der Waals surface area contributed by atoms with Gasteiger partial charge in [0.1, 0.15) is 5.82 Å². The minimum absolute atomic E-state index is 0.0747. The van der Waals surface area contributed by atoms with Crippen LogP contribution in [-0.4, -0.2) is 56.3 Å². The van der Waals surface area contributed by atoms with E-state index in [-0.39, 0.29) is 43.3 Å². The number of nitrogens with one attached hydrogen (secondary N) is 1.